The molecule has 0 fully saturated rings. The van der Waals surface area contributed by atoms with Gasteiger partial charge in [0.2, 0.25) is 0 Å². The highest BCUT2D eigenvalue weighted by atomic mass is 14.9. The van der Waals surface area contributed by atoms with Crippen molar-refractivity contribution in [2.45, 2.75) is 39.5 Å². The predicted octanol–water partition coefficient (Wildman–Crippen LogP) is 3.84. The molecule has 0 aliphatic heterocycles. The van der Waals surface area contributed by atoms with E-state index in [9.17, 15) is 0 Å². The number of benzene rings is 1. The van der Waals surface area contributed by atoms with Crippen molar-refractivity contribution >= 4 is 10.9 Å². The summed E-state index contributed by atoms with van der Waals surface area (Å²) in [6.07, 6.45) is 4.66. The molecule has 0 saturated heterocycles. The largest absolute Gasteiger partial charge is 0.350 e. The van der Waals surface area contributed by atoms with Crippen molar-refractivity contribution in [2.24, 2.45) is 7.05 Å². The Kier molecular flexibility index (Phi) is 4.65. The van der Waals surface area contributed by atoms with Crippen LogP contribution in [0.4, 0.5) is 0 Å². The van der Waals surface area contributed by atoms with Crippen molar-refractivity contribution in [1.82, 2.24) is 9.88 Å². The van der Waals surface area contributed by atoms with Crippen LogP contribution in [0, 0.1) is 0 Å². The summed E-state index contributed by atoms with van der Waals surface area (Å²) in [5, 5.41) is 4.83. The summed E-state index contributed by atoms with van der Waals surface area (Å²) >= 11 is 0. The maximum atomic E-state index is 3.40. The first kappa shape index (κ1) is 14.1. The van der Waals surface area contributed by atoms with Crippen LogP contribution >= 0.6 is 0 Å². The minimum Gasteiger partial charge on any atom is -0.350 e. The highest BCUT2D eigenvalue weighted by Gasteiger charge is 2.08. The fourth-order valence-electron chi connectivity index (χ4n) is 2.63. The van der Waals surface area contributed by atoms with Crippen LogP contribution in [-0.4, -0.2) is 17.7 Å². The fraction of sp³-hybridized carbons (Fsp3) is 0.529. The molecule has 1 aromatic heterocycles. The van der Waals surface area contributed by atoms with Gasteiger partial charge in [-0.15, -0.1) is 0 Å². The minimum atomic E-state index is 0.596. The standard InChI is InChI=1S/C17H26N2/c1-5-18-10-6-7-15-12-19(4)17-9-8-14(13(2)3)11-16(15)17/h8-9,11-13,18H,5-7,10H2,1-4H3. The molecule has 2 heteroatoms. The van der Waals surface area contributed by atoms with Gasteiger partial charge in [-0.05, 0) is 55.1 Å². The van der Waals surface area contributed by atoms with Crippen LogP contribution in [-0.2, 0) is 13.5 Å². The van der Waals surface area contributed by atoms with Gasteiger partial charge < -0.3 is 9.88 Å². The normalized spacial score (nSPS) is 11.6. The topological polar surface area (TPSA) is 17.0 Å². The van der Waals surface area contributed by atoms with Gasteiger partial charge in [0.1, 0.15) is 0 Å². The Bertz CT molecular complexity index is 537. The third kappa shape index (κ3) is 3.19. The van der Waals surface area contributed by atoms with E-state index in [0.29, 0.717) is 5.92 Å². The molecule has 2 aromatic rings. The highest BCUT2D eigenvalue weighted by molar-refractivity contribution is 5.84. The van der Waals surface area contributed by atoms with Gasteiger partial charge in [0.05, 0.1) is 0 Å². The van der Waals surface area contributed by atoms with E-state index in [1.165, 1.54) is 28.5 Å². The average Bonchev–Trinajstić information content (AvgIpc) is 2.71. The quantitative estimate of drug-likeness (QED) is 0.779. The Morgan fingerprint density at radius 2 is 2.05 bits per heavy atom. The molecule has 2 nitrogen and oxygen atoms in total. The number of nitrogens with zero attached hydrogens (tertiary/aromatic N) is 1. The van der Waals surface area contributed by atoms with Gasteiger partial charge in [0.25, 0.3) is 0 Å². The molecule has 0 radical (unpaired) electrons. The molecule has 1 N–H and O–H groups in total. The number of hydrogen-bond acceptors (Lipinski definition) is 1. The van der Waals surface area contributed by atoms with Crippen LogP contribution in [0.2, 0.25) is 0 Å². The summed E-state index contributed by atoms with van der Waals surface area (Å²) in [6.45, 7) is 8.85. The third-order valence-electron chi connectivity index (χ3n) is 3.81. The second kappa shape index (κ2) is 6.25. The molecule has 1 heterocycles. The molecule has 0 spiro atoms. The molecule has 0 amide bonds. The molecule has 0 unspecified atom stereocenters. The van der Waals surface area contributed by atoms with Gasteiger partial charge in [0.15, 0.2) is 0 Å². The number of aromatic nitrogens is 1. The Balaban J connectivity index is 2.24. The molecule has 0 aliphatic carbocycles. The van der Waals surface area contributed by atoms with Gasteiger partial charge in [-0.2, -0.15) is 0 Å². The lowest BCUT2D eigenvalue weighted by Gasteiger charge is -2.06. The van der Waals surface area contributed by atoms with E-state index in [1.54, 1.807) is 0 Å². The number of hydrogen-bond donors (Lipinski definition) is 1. The van der Waals surface area contributed by atoms with Crippen molar-refractivity contribution < 1.29 is 0 Å². The zero-order chi connectivity index (χ0) is 13.8. The Labute approximate surface area is 116 Å². The van der Waals surface area contributed by atoms with E-state index < -0.39 is 0 Å². The van der Waals surface area contributed by atoms with Crippen LogP contribution in [0.3, 0.4) is 0 Å². The summed E-state index contributed by atoms with van der Waals surface area (Å²) in [5.41, 5.74) is 4.27. The first-order valence-electron chi connectivity index (χ1n) is 7.42. The van der Waals surface area contributed by atoms with E-state index in [4.69, 9.17) is 0 Å². The Morgan fingerprint density at radius 3 is 2.74 bits per heavy atom. The lowest BCUT2D eigenvalue weighted by Crippen LogP contribution is -2.14. The molecular weight excluding hydrogens is 232 g/mol. The molecule has 0 bridgehead atoms. The van der Waals surface area contributed by atoms with Crippen molar-refractivity contribution in [1.29, 1.82) is 0 Å². The van der Waals surface area contributed by atoms with E-state index >= 15 is 0 Å². The molecule has 0 atom stereocenters. The fourth-order valence-corrected chi connectivity index (χ4v) is 2.63. The zero-order valence-electron chi connectivity index (χ0n) is 12.7. The van der Waals surface area contributed by atoms with Gasteiger partial charge in [-0.3, -0.25) is 0 Å². The van der Waals surface area contributed by atoms with E-state index in [-0.39, 0.29) is 0 Å². The van der Waals surface area contributed by atoms with Crippen LogP contribution in [0.5, 0.6) is 0 Å². The first-order chi connectivity index (χ1) is 9.13. The smallest absolute Gasteiger partial charge is 0.0480 e. The average molecular weight is 258 g/mol. The predicted molar refractivity (Wildman–Crippen MR) is 83.9 cm³/mol. The highest BCUT2D eigenvalue weighted by Crippen LogP contribution is 2.26. The summed E-state index contributed by atoms with van der Waals surface area (Å²) in [4.78, 5) is 0. The maximum absolute atomic E-state index is 3.40. The molecule has 104 valence electrons. The molecule has 1 aromatic carbocycles. The number of aryl methyl sites for hydroxylation is 2. The van der Waals surface area contributed by atoms with Crippen molar-refractivity contribution in [3.05, 3.63) is 35.5 Å². The monoisotopic (exact) mass is 258 g/mol. The summed E-state index contributed by atoms with van der Waals surface area (Å²) in [7, 11) is 2.14. The first-order valence-corrected chi connectivity index (χ1v) is 7.42. The molecule has 2 rings (SSSR count). The SMILES string of the molecule is CCNCCCc1cn(C)c2ccc(C(C)C)cc12. The maximum Gasteiger partial charge on any atom is 0.0480 e. The van der Waals surface area contributed by atoms with Crippen molar-refractivity contribution in [2.75, 3.05) is 13.1 Å². The van der Waals surface area contributed by atoms with E-state index in [0.717, 1.165) is 19.5 Å². The van der Waals surface area contributed by atoms with Crippen molar-refractivity contribution in [3.63, 3.8) is 0 Å². The molecule has 0 saturated carbocycles. The summed E-state index contributed by atoms with van der Waals surface area (Å²) in [5.74, 6) is 0.596. The van der Waals surface area contributed by atoms with Crippen molar-refractivity contribution in [3.8, 4) is 0 Å². The number of nitrogens with one attached hydrogen (secondary N) is 1. The number of rotatable bonds is 6. The van der Waals surface area contributed by atoms with Gasteiger partial charge in [-0.25, -0.2) is 0 Å². The molecule has 19 heavy (non-hydrogen) atoms. The van der Waals surface area contributed by atoms with Crippen LogP contribution < -0.4 is 5.32 Å². The van der Waals surface area contributed by atoms with E-state index in [2.05, 4.69) is 62.1 Å². The lowest BCUT2D eigenvalue weighted by molar-refractivity contribution is 0.673. The lowest BCUT2D eigenvalue weighted by atomic mass is 9.99. The third-order valence-corrected chi connectivity index (χ3v) is 3.81. The zero-order valence-corrected chi connectivity index (χ0v) is 12.7. The van der Waals surface area contributed by atoms with Gasteiger partial charge >= 0.3 is 0 Å². The van der Waals surface area contributed by atoms with E-state index in [1.807, 2.05) is 0 Å². The summed E-state index contributed by atoms with van der Waals surface area (Å²) < 4.78 is 2.25. The minimum absolute atomic E-state index is 0.596. The van der Waals surface area contributed by atoms with Gasteiger partial charge in [-0.1, -0.05) is 26.8 Å². The van der Waals surface area contributed by atoms with Crippen LogP contribution in [0.25, 0.3) is 10.9 Å². The Morgan fingerprint density at radius 1 is 1.26 bits per heavy atom. The Hall–Kier alpha value is -1.28. The van der Waals surface area contributed by atoms with Crippen LogP contribution in [0.1, 0.15) is 44.2 Å². The molecule has 0 aliphatic rings. The molecular formula is C17H26N2. The second-order valence-electron chi connectivity index (χ2n) is 5.65. The second-order valence-corrected chi connectivity index (χ2v) is 5.65. The number of fused-ring (bicyclic) bond motifs is 1. The summed E-state index contributed by atoms with van der Waals surface area (Å²) in [6, 6.07) is 6.90. The van der Waals surface area contributed by atoms with Gasteiger partial charge in [0, 0.05) is 24.1 Å². The van der Waals surface area contributed by atoms with Crippen LogP contribution in [0.15, 0.2) is 24.4 Å².